The molecule has 0 bridgehead atoms. The summed E-state index contributed by atoms with van der Waals surface area (Å²) in [6.45, 7) is 4.22. The lowest BCUT2D eigenvalue weighted by Crippen LogP contribution is -2.48. The third kappa shape index (κ3) is 4.19. The van der Waals surface area contributed by atoms with Crippen LogP contribution in [-0.4, -0.2) is 28.0 Å². The molecule has 0 unspecified atom stereocenters. The molecule has 2 rings (SSSR count). The van der Waals surface area contributed by atoms with Crippen molar-refractivity contribution >= 4 is 16.9 Å². The molecule has 1 aromatic heterocycles. The first-order valence-electron chi connectivity index (χ1n) is 7.12. The smallest absolute Gasteiger partial charge is 0.323 e. The van der Waals surface area contributed by atoms with Gasteiger partial charge in [-0.15, -0.1) is 0 Å². The highest BCUT2D eigenvalue weighted by Crippen LogP contribution is 2.12. The molecule has 0 saturated heterocycles. The van der Waals surface area contributed by atoms with Crippen LogP contribution in [0, 0.1) is 0 Å². The van der Waals surface area contributed by atoms with Crippen molar-refractivity contribution in [3.8, 4) is 0 Å². The van der Waals surface area contributed by atoms with Gasteiger partial charge in [0.15, 0.2) is 0 Å². The molecule has 0 spiro atoms. The van der Waals surface area contributed by atoms with Gasteiger partial charge in [0.05, 0.1) is 11.0 Å². The summed E-state index contributed by atoms with van der Waals surface area (Å²) < 4.78 is 0. The lowest BCUT2D eigenvalue weighted by molar-refractivity contribution is -0.122. The first-order valence-corrected chi connectivity index (χ1v) is 7.12. The zero-order chi connectivity index (χ0) is 15.5. The van der Waals surface area contributed by atoms with E-state index >= 15 is 0 Å². The molecule has 0 atom stereocenters. The maximum Gasteiger partial charge on any atom is 0.323 e. The Kier molecular flexibility index (Phi) is 4.47. The van der Waals surface area contributed by atoms with E-state index in [0.717, 1.165) is 29.4 Å². The van der Waals surface area contributed by atoms with Crippen LogP contribution in [-0.2, 0) is 11.2 Å². The Morgan fingerprint density at radius 2 is 2.00 bits per heavy atom. The Morgan fingerprint density at radius 3 is 2.71 bits per heavy atom. The number of nitrogens with one attached hydrogen (secondary N) is 3. The summed E-state index contributed by atoms with van der Waals surface area (Å²) in [7, 11) is 0. The van der Waals surface area contributed by atoms with Gasteiger partial charge in [-0.05, 0) is 44.4 Å². The lowest BCUT2D eigenvalue weighted by Gasteiger charge is -2.24. The zero-order valence-electron chi connectivity index (χ0n) is 12.5. The minimum Gasteiger partial charge on any atom is -0.350 e. The molecule has 1 aromatic carbocycles. The number of imidazole rings is 1. The number of aromatic amines is 2. The van der Waals surface area contributed by atoms with Crippen LogP contribution in [0.15, 0.2) is 23.0 Å². The molecule has 5 N–H and O–H groups in total. The Bertz CT molecular complexity index is 684. The minimum atomic E-state index is -0.361. The molecule has 0 aliphatic heterocycles. The lowest BCUT2D eigenvalue weighted by atomic mass is 10.0. The van der Waals surface area contributed by atoms with Crippen LogP contribution in [0.2, 0.25) is 0 Å². The molecular weight excluding hydrogens is 268 g/mol. The number of benzene rings is 1. The topological polar surface area (TPSA) is 104 Å². The molecule has 0 aliphatic rings. The van der Waals surface area contributed by atoms with Crippen molar-refractivity contribution in [2.45, 2.75) is 38.6 Å². The first kappa shape index (κ1) is 15.3. The van der Waals surface area contributed by atoms with Gasteiger partial charge in [0.1, 0.15) is 0 Å². The molecule has 0 saturated carbocycles. The van der Waals surface area contributed by atoms with Crippen LogP contribution < -0.4 is 16.7 Å². The van der Waals surface area contributed by atoms with Crippen molar-refractivity contribution < 1.29 is 4.79 Å². The van der Waals surface area contributed by atoms with Gasteiger partial charge in [0.2, 0.25) is 5.91 Å². The first-order chi connectivity index (χ1) is 9.89. The van der Waals surface area contributed by atoms with Crippen LogP contribution in [0.3, 0.4) is 0 Å². The number of H-pyrrole nitrogens is 2. The Labute approximate surface area is 123 Å². The van der Waals surface area contributed by atoms with Crippen molar-refractivity contribution in [3.05, 3.63) is 34.2 Å². The predicted octanol–water partition coefficient (Wildman–Crippen LogP) is 1.03. The number of aryl methyl sites for hydroxylation is 1. The second-order valence-electron chi connectivity index (χ2n) is 5.95. The van der Waals surface area contributed by atoms with Gasteiger partial charge in [0, 0.05) is 18.5 Å². The van der Waals surface area contributed by atoms with Crippen LogP contribution in [0.5, 0.6) is 0 Å². The van der Waals surface area contributed by atoms with E-state index in [4.69, 9.17) is 5.73 Å². The number of amides is 1. The molecule has 0 aliphatic carbocycles. The predicted molar refractivity (Wildman–Crippen MR) is 83.1 cm³/mol. The van der Waals surface area contributed by atoms with E-state index in [1.807, 2.05) is 32.0 Å². The van der Waals surface area contributed by atoms with Crippen molar-refractivity contribution in [1.29, 1.82) is 0 Å². The highest BCUT2D eigenvalue weighted by atomic mass is 16.2. The number of carbonyl (C=O) groups is 1. The fourth-order valence-electron chi connectivity index (χ4n) is 2.18. The number of aromatic nitrogens is 2. The van der Waals surface area contributed by atoms with E-state index in [9.17, 15) is 9.59 Å². The second-order valence-corrected chi connectivity index (χ2v) is 5.95. The van der Waals surface area contributed by atoms with Crippen LogP contribution in [0.4, 0.5) is 0 Å². The van der Waals surface area contributed by atoms with E-state index in [2.05, 4.69) is 15.3 Å². The monoisotopic (exact) mass is 290 g/mol. The average Bonchev–Trinajstić information content (AvgIpc) is 2.77. The molecule has 21 heavy (non-hydrogen) atoms. The van der Waals surface area contributed by atoms with Crippen molar-refractivity contribution in [2.24, 2.45) is 5.73 Å². The highest BCUT2D eigenvalue weighted by molar-refractivity contribution is 5.77. The van der Waals surface area contributed by atoms with Gasteiger partial charge in [-0.3, -0.25) is 4.79 Å². The number of rotatable bonds is 6. The van der Waals surface area contributed by atoms with Gasteiger partial charge < -0.3 is 21.0 Å². The summed E-state index contributed by atoms with van der Waals surface area (Å²) in [6.07, 6.45) is 2.01. The Balaban J connectivity index is 1.87. The van der Waals surface area contributed by atoms with Gasteiger partial charge in [-0.2, -0.15) is 0 Å². The molecule has 6 nitrogen and oxygen atoms in total. The van der Waals surface area contributed by atoms with E-state index in [1.54, 1.807) is 0 Å². The third-order valence-corrected chi connectivity index (χ3v) is 3.44. The van der Waals surface area contributed by atoms with Gasteiger partial charge in [0.25, 0.3) is 0 Å². The molecular formula is C15H22N4O2. The standard InChI is InChI=1S/C15H22N4O2/c1-15(2,9-16)19-13(20)5-3-4-10-6-7-11-12(8-10)18-14(21)17-11/h6-8H,3-5,9,16H2,1-2H3,(H,19,20)(H2,17,18,21). The molecule has 1 amide bonds. The molecule has 114 valence electrons. The minimum absolute atomic E-state index is 0.0154. The maximum atomic E-state index is 11.8. The summed E-state index contributed by atoms with van der Waals surface area (Å²) >= 11 is 0. The third-order valence-electron chi connectivity index (χ3n) is 3.44. The van der Waals surface area contributed by atoms with Crippen molar-refractivity contribution in [1.82, 2.24) is 15.3 Å². The number of hydrogen-bond donors (Lipinski definition) is 4. The van der Waals surface area contributed by atoms with E-state index in [1.165, 1.54) is 0 Å². The SMILES string of the molecule is CC(C)(CN)NC(=O)CCCc1ccc2[nH]c(=O)[nH]c2c1. The molecule has 0 fully saturated rings. The van der Waals surface area contributed by atoms with Crippen LogP contribution in [0.1, 0.15) is 32.3 Å². The molecule has 6 heteroatoms. The van der Waals surface area contributed by atoms with Crippen molar-refractivity contribution in [2.75, 3.05) is 6.54 Å². The number of carbonyl (C=O) groups excluding carboxylic acids is 1. The molecule has 1 heterocycles. The van der Waals surface area contributed by atoms with Crippen LogP contribution >= 0.6 is 0 Å². The van der Waals surface area contributed by atoms with Gasteiger partial charge >= 0.3 is 5.69 Å². The fourth-order valence-corrected chi connectivity index (χ4v) is 2.18. The van der Waals surface area contributed by atoms with Crippen molar-refractivity contribution in [3.63, 3.8) is 0 Å². The van der Waals surface area contributed by atoms with E-state index < -0.39 is 0 Å². The van der Waals surface area contributed by atoms with Gasteiger partial charge in [-0.1, -0.05) is 6.07 Å². The number of hydrogen-bond acceptors (Lipinski definition) is 3. The maximum absolute atomic E-state index is 11.8. The largest absolute Gasteiger partial charge is 0.350 e. The normalized spacial score (nSPS) is 11.8. The number of fused-ring (bicyclic) bond motifs is 1. The average molecular weight is 290 g/mol. The zero-order valence-corrected chi connectivity index (χ0v) is 12.5. The Morgan fingerprint density at radius 1 is 1.29 bits per heavy atom. The number of nitrogens with two attached hydrogens (primary N) is 1. The molecule has 0 radical (unpaired) electrons. The summed E-state index contributed by atoms with van der Waals surface area (Å²) in [4.78, 5) is 28.4. The Hall–Kier alpha value is -2.08. The highest BCUT2D eigenvalue weighted by Gasteiger charge is 2.17. The molecule has 2 aromatic rings. The van der Waals surface area contributed by atoms with E-state index in [0.29, 0.717) is 13.0 Å². The quantitative estimate of drug-likeness (QED) is 0.638. The van der Waals surface area contributed by atoms with Crippen LogP contribution in [0.25, 0.3) is 11.0 Å². The summed E-state index contributed by atoms with van der Waals surface area (Å²) in [5.41, 5.74) is 7.71. The summed E-state index contributed by atoms with van der Waals surface area (Å²) in [5.74, 6) is 0.0154. The summed E-state index contributed by atoms with van der Waals surface area (Å²) in [5, 5.41) is 2.91. The summed E-state index contributed by atoms with van der Waals surface area (Å²) in [6, 6.07) is 5.78. The second kappa shape index (κ2) is 6.13. The fraction of sp³-hybridized carbons (Fsp3) is 0.467. The van der Waals surface area contributed by atoms with E-state index in [-0.39, 0.29) is 17.1 Å². The van der Waals surface area contributed by atoms with Gasteiger partial charge in [-0.25, -0.2) is 4.79 Å².